The van der Waals surface area contributed by atoms with E-state index in [1.807, 2.05) is 18.2 Å². The first-order chi connectivity index (χ1) is 5.81. The highest BCUT2D eigenvalue weighted by atomic mass is 16.3. The van der Waals surface area contributed by atoms with E-state index in [0.717, 1.165) is 23.2 Å². The van der Waals surface area contributed by atoms with Gasteiger partial charge in [0.05, 0.1) is 12.3 Å². The number of nitrogens with one attached hydrogen (secondary N) is 1. The lowest BCUT2D eigenvalue weighted by Crippen LogP contribution is -2.09. The molecule has 0 unspecified atom stereocenters. The van der Waals surface area contributed by atoms with Crippen molar-refractivity contribution in [2.24, 2.45) is 5.84 Å². The molecule has 3 nitrogen and oxygen atoms in total. The van der Waals surface area contributed by atoms with Gasteiger partial charge in [0.15, 0.2) is 0 Å². The van der Waals surface area contributed by atoms with Gasteiger partial charge in [-0.2, -0.15) is 0 Å². The van der Waals surface area contributed by atoms with Gasteiger partial charge in [-0.15, -0.1) is 0 Å². The van der Waals surface area contributed by atoms with E-state index in [9.17, 15) is 0 Å². The molecule has 1 aromatic carbocycles. The van der Waals surface area contributed by atoms with Gasteiger partial charge in [-0.1, -0.05) is 19.1 Å². The minimum Gasteiger partial charge on any atom is -0.392 e. The maximum absolute atomic E-state index is 8.87. The number of aliphatic hydroxyl groups excluding tert-OH is 1. The highest BCUT2D eigenvalue weighted by molar-refractivity contribution is 5.51. The van der Waals surface area contributed by atoms with Crippen LogP contribution in [-0.4, -0.2) is 5.11 Å². The molecule has 0 aromatic heterocycles. The molecule has 0 saturated heterocycles. The van der Waals surface area contributed by atoms with Gasteiger partial charge < -0.3 is 10.5 Å². The third-order valence-corrected chi connectivity index (χ3v) is 1.89. The van der Waals surface area contributed by atoms with Crippen molar-refractivity contribution in [3.05, 3.63) is 29.3 Å². The summed E-state index contributed by atoms with van der Waals surface area (Å²) in [4.78, 5) is 0. The highest BCUT2D eigenvalue weighted by Crippen LogP contribution is 2.16. The van der Waals surface area contributed by atoms with Gasteiger partial charge in [0, 0.05) is 0 Å². The lowest BCUT2D eigenvalue weighted by atomic mass is 10.1. The summed E-state index contributed by atoms with van der Waals surface area (Å²) in [5, 5.41) is 8.87. The summed E-state index contributed by atoms with van der Waals surface area (Å²) in [5.41, 5.74) is 5.59. The van der Waals surface area contributed by atoms with Crippen molar-refractivity contribution >= 4 is 5.69 Å². The Balaban J connectivity index is 3.02. The molecule has 0 aliphatic heterocycles. The van der Waals surface area contributed by atoms with Crippen LogP contribution in [0.4, 0.5) is 5.69 Å². The van der Waals surface area contributed by atoms with Crippen LogP contribution in [0, 0.1) is 0 Å². The Morgan fingerprint density at radius 2 is 2.25 bits per heavy atom. The quantitative estimate of drug-likeness (QED) is 0.464. The Labute approximate surface area is 72.2 Å². The Hall–Kier alpha value is -1.06. The number of benzene rings is 1. The van der Waals surface area contributed by atoms with Gasteiger partial charge in [0.1, 0.15) is 0 Å². The zero-order valence-electron chi connectivity index (χ0n) is 7.17. The number of hydrazine groups is 1. The minimum atomic E-state index is 0.0812. The van der Waals surface area contributed by atoms with Gasteiger partial charge in [-0.25, -0.2) is 0 Å². The number of aryl methyl sites for hydroxylation is 1. The second-order valence-electron chi connectivity index (χ2n) is 2.65. The van der Waals surface area contributed by atoms with Crippen molar-refractivity contribution in [1.29, 1.82) is 0 Å². The van der Waals surface area contributed by atoms with Gasteiger partial charge in [0.25, 0.3) is 0 Å². The van der Waals surface area contributed by atoms with Crippen LogP contribution in [0.15, 0.2) is 18.2 Å². The first-order valence-corrected chi connectivity index (χ1v) is 4.01. The van der Waals surface area contributed by atoms with E-state index in [4.69, 9.17) is 10.9 Å². The summed E-state index contributed by atoms with van der Waals surface area (Å²) in [5.74, 6) is 5.31. The van der Waals surface area contributed by atoms with Gasteiger partial charge in [0.2, 0.25) is 0 Å². The summed E-state index contributed by atoms with van der Waals surface area (Å²) in [6, 6.07) is 5.69. The molecule has 12 heavy (non-hydrogen) atoms. The van der Waals surface area contributed by atoms with Gasteiger partial charge >= 0.3 is 0 Å². The Morgan fingerprint density at radius 3 is 2.75 bits per heavy atom. The van der Waals surface area contributed by atoms with E-state index in [-0.39, 0.29) is 6.61 Å². The molecule has 0 spiro atoms. The molecule has 0 bridgehead atoms. The maximum atomic E-state index is 8.87. The Bertz CT molecular complexity index is 261. The third-order valence-electron chi connectivity index (χ3n) is 1.89. The van der Waals surface area contributed by atoms with Crippen LogP contribution in [0.5, 0.6) is 0 Å². The monoisotopic (exact) mass is 166 g/mol. The van der Waals surface area contributed by atoms with E-state index < -0.39 is 0 Å². The van der Waals surface area contributed by atoms with E-state index in [1.54, 1.807) is 0 Å². The van der Waals surface area contributed by atoms with E-state index in [1.165, 1.54) is 0 Å². The molecule has 0 atom stereocenters. The van der Waals surface area contributed by atoms with Crippen molar-refractivity contribution in [3.8, 4) is 0 Å². The zero-order chi connectivity index (χ0) is 8.97. The second-order valence-corrected chi connectivity index (χ2v) is 2.65. The fourth-order valence-corrected chi connectivity index (χ4v) is 1.18. The SMILES string of the molecule is CCc1cc(CO)ccc1NN. The average molecular weight is 166 g/mol. The molecular weight excluding hydrogens is 152 g/mol. The molecule has 0 amide bonds. The molecule has 0 saturated carbocycles. The third kappa shape index (κ3) is 1.75. The Morgan fingerprint density at radius 1 is 1.50 bits per heavy atom. The second kappa shape index (κ2) is 4.09. The normalized spacial score (nSPS) is 9.92. The maximum Gasteiger partial charge on any atom is 0.0681 e. The summed E-state index contributed by atoms with van der Waals surface area (Å²) < 4.78 is 0. The topological polar surface area (TPSA) is 58.3 Å². The lowest BCUT2D eigenvalue weighted by Gasteiger charge is -2.07. The predicted molar refractivity (Wildman–Crippen MR) is 49.6 cm³/mol. The van der Waals surface area contributed by atoms with Crippen LogP contribution in [0.2, 0.25) is 0 Å². The van der Waals surface area contributed by atoms with Crippen molar-refractivity contribution in [3.63, 3.8) is 0 Å². The zero-order valence-corrected chi connectivity index (χ0v) is 7.17. The molecule has 0 aliphatic carbocycles. The van der Waals surface area contributed by atoms with Crippen LogP contribution in [0.25, 0.3) is 0 Å². The number of rotatable bonds is 3. The van der Waals surface area contributed by atoms with E-state index >= 15 is 0 Å². The molecule has 0 radical (unpaired) electrons. The largest absolute Gasteiger partial charge is 0.392 e. The molecular formula is C9H14N2O. The van der Waals surface area contributed by atoms with E-state index in [0.29, 0.717) is 0 Å². The van der Waals surface area contributed by atoms with Crippen molar-refractivity contribution < 1.29 is 5.11 Å². The average Bonchev–Trinajstić information content (AvgIpc) is 2.16. The van der Waals surface area contributed by atoms with Crippen LogP contribution < -0.4 is 11.3 Å². The van der Waals surface area contributed by atoms with Crippen molar-refractivity contribution in [1.82, 2.24) is 0 Å². The number of anilines is 1. The minimum absolute atomic E-state index is 0.0812. The smallest absolute Gasteiger partial charge is 0.0681 e. The van der Waals surface area contributed by atoms with Crippen LogP contribution in [0.3, 0.4) is 0 Å². The van der Waals surface area contributed by atoms with Crippen molar-refractivity contribution in [2.75, 3.05) is 5.43 Å². The molecule has 1 rings (SSSR count). The molecule has 0 fully saturated rings. The van der Waals surface area contributed by atoms with Crippen LogP contribution >= 0.6 is 0 Å². The Kier molecular flexibility index (Phi) is 3.08. The molecule has 0 heterocycles. The van der Waals surface area contributed by atoms with Gasteiger partial charge in [-0.3, -0.25) is 5.84 Å². The number of hydrogen-bond acceptors (Lipinski definition) is 3. The number of aliphatic hydroxyl groups is 1. The molecule has 3 heteroatoms. The van der Waals surface area contributed by atoms with Gasteiger partial charge in [-0.05, 0) is 23.6 Å². The summed E-state index contributed by atoms with van der Waals surface area (Å²) in [7, 11) is 0. The van der Waals surface area contributed by atoms with Crippen LogP contribution in [0.1, 0.15) is 18.1 Å². The number of nitrogen functional groups attached to an aromatic ring is 1. The van der Waals surface area contributed by atoms with Crippen LogP contribution in [-0.2, 0) is 13.0 Å². The predicted octanol–water partition coefficient (Wildman–Crippen LogP) is 1.03. The number of nitrogens with two attached hydrogens (primary N) is 1. The first kappa shape index (κ1) is 9.03. The standard InChI is InChI=1S/C9H14N2O/c1-2-8-5-7(6-12)3-4-9(8)11-10/h3-5,11-12H,2,6,10H2,1H3. The molecule has 66 valence electrons. The lowest BCUT2D eigenvalue weighted by molar-refractivity contribution is 0.282. The number of hydrogen-bond donors (Lipinski definition) is 3. The fraction of sp³-hybridized carbons (Fsp3) is 0.333. The first-order valence-electron chi connectivity index (χ1n) is 4.01. The molecule has 1 aromatic rings. The molecule has 0 aliphatic rings. The fourth-order valence-electron chi connectivity index (χ4n) is 1.18. The van der Waals surface area contributed by atoms with Crippen molar-refractivity contribution in [2.45, 2.75) is 20.0 Å². The summed E-state index contributed by atoms with van der Waals surface area (Å²) >= 11 is 0. The summed E-state index contributed by atoms with van der Waals surface area (Å²) in [6.07, 6.45) is 0.910. The highest BCUT2D eigenvalue weighted by Gasteiger charge is 1.99. The van der Waals surface area contributed by atoms with E-state index in [2.05, 4.69) is 12.3 Å². The molecule has 4 N–H and O–H groups in total. The summed E-state index contributed by atoms with van der Waals surface area (Å²) in [6.45, 7) is 2.13.